The number of aryl methyl sites for hydroxylation is 1. The zero-order valence-electron chi connectivity index (χ0n) is 40.1. The van der Waals surface area contributed by atoms with Crippen molar-refractivity contribution in [3.8, 4) is 0 Å². The molecule has 8 heterocycles. The number of hydrogen-bond acceptors (Lipinski definition) is 26. The van der Waals surface area contributed by atoms with E-state index in [4.69, 9.17) is 44.0 Å². The Hall–Kier alpha value is -5.07. The summed E-state index contributed by atoms with van der Waals surface area (Å²) >= 11 is 0. The van der Waals surface area contributed by atoms with Crippen LogP contribution in [0.5, 0.6) is 0 Å². The number of aromatic amines is 2. The lowest BCUT2D eigenvalue weighted by Crippen LogP contribution is -2.45. The first-order chi connectivity index (χ1) is 36.1. The van der Waals surface area contributed by atoms with Gasteiger partial charge in [-0.2, -0.15) is 8.62 Å². The molecule has 5 aromatic rings. The number of nitrogens with zero attached hydrogens (tertiary/aromatic N) is 8. The number of aliphatic hydroxyl groups is 3. The van der Waals surface area contributed by atoms with Crippen molar-refractivity contribution in [1.82, 2.24) is 48.9 Å². The van der Waals surface area contributed by atoms with Crippen molar-refractivity contribution in [2.75, 3.05) is 44.9 Å². The molecule has 16 atom stereocenters. The van der Waals surface area contributed by atoms with Crippen LogP contribution in [0.1, 0.15) is 38.4 Å². The molecule has 8 rings (SSSR count). The second-order valence-electron chi connectivity index (χ2n) is 17.5. The monoisotopic (exact) mass is 1170 g/mol. The number of phosphoric acid groups is 3. The molecule has 0 saturated carbocycles. The number of anilines is 2. The van der Waals surface area contributed by atoms with Gasteiger partial charge in [0.15, 0.2) is 30.2 Å². The van der Waals surface area contributed by atoms with Crippen LogP contribution in [0.15, 0.2) is 45.6 Å². The van der Waals surface area contributed by atoms with Gasteiger partial charge in [-0.05, 0) is 6.42 Å². The molecule has 0 spiro atoms. The minimum absolute atomic E-state index is 0.00893. The molecule has 5 aromatic heterocycles. The van der Waals surface area contributed by atoms with Gasteiger partial charge in [-0.3, -0.25) is 51.7 Å². The van der Waals surface area contributed by atoms with E-state index in [1.54, 1.807) is 6.92 Å². The molecule has 41 heteroatoms. The van der Waals surface area contributed by atoms with Crippen molar-refractivity contribution in [2.45, 2.75) is 86.8 Å². The maximum Gasteiger partial charge on any atom is 0.490 e. The number of aromatic nitrogens is 10. The Labute approximate surface area is 430 Å². The molecule has 424 valence electrons. The maximum atomic E-state index is 14.3. The van der Waals surface area contributed by atoms with Crippen molar-refractivity contribution in [3.05, 3.63) is 62.4 Å². The standard InChI is InChI=1S/C36H51N13O24P4/c1-4-6-39-20(51)8-15-16(69-32(23(15)52)49-14-46(2)22-30(49)44-35(38)45-31(22)55)9-67-75(59,60)72-77(63,64)73-76(61,62)68-11-18-27(26(65-3)34(71-18)48-13-42-21-28(37)40-12-41-29(21)48)74(57,58)66-10-17-24(53)25(54)33(70-17)47-7-5-19(50)43-36(47)56/h5,7,12-18,23-27,32-34,52-54H,4,6,8-11H2,1-3H3,(H10-,37,38,39,40,41,43,44,45,50,51,55,56,57,58,59,60,61,62,63,64)/p+1/t15-,16-,17-,18-,23-,24-,25-,26-,27-,32-,33-,34-/m1/s1. The summed E-state index contributed by atoms with van der Waals surface area (Å²) in [6, 6.07) is 0.923. The molecule has 3 fully saturated rings. The third-order valence-electron chi connectivity index (χ3n) is 12.3. The third-order valence-corrected chi connectivity index (χ3v) is 18.5. The van der Waals surface area contributed by atoms with Crippen molar-refractivity contribution in [1.29, 1.82) is 0 Å². The lowest BCUT2D eigenvalue weighted by molar-refractivity contribution is -0.745. The zero-order valence-corrected chi connectivity index (χ0v) is 43.7. The number of aliphatic hydroxyl groups excluding tert-OH is 3. The Kier molecular flexibility index (Phi) is 17.0. The molecule has 0 bridgehead atoms. The van der Waals surface area contributed by atoms with Gasteiger partial charge in [0.1, 0.15) is 54.1 Å². The normalized spacial score (nSPS) is 29.8. The van der Waals surface area contributed by atoms with Crippen molar-refractivity contribution >= 4 is 71.1 Å². The molecule has 4 unspecified atom stereocenters. The molecule has 1 amide bonds. The number of phosphoric ester groups is 2. The van der Waals surface area contributed by atoms with Gasteiger partial charge in [0, 0.05) is 38.3 Å². The number of fused-ring (bicyclic) bond motifs is 2. The van der Waals surface area contributed by atoms with Crippen LogP contribution in [0.25, 0.3) is 22.3 Å². The smallest absolute Gasteiger partial charge is 0.387 e. The lowest BCUT2D eigenvalue weighted by Gasteiger charge is -2.28. The van der Waals surface area contributed by atoms with Gasteiger partial charge in [-0.25, -0.2) is 38.0 Å². The Balaban J connectivity index is 0.967. The number of nitrogens with two attached hydrogens (primary N) is 2. The molecule has 0 aromatic carbocycles. The first-order valence-electron chi connectivity index (χ1n) is 22.6. The predicted molar refractivity (Wildman–Crippen MR) is 252 cm³/mol. The third kappa shape index (κ3) is 12.4. The van der Waals surface area contributed by atoms with Crippen molar-refractivity contribution in [2.24, 2.45) is 13.0 Å². The van der Waals surface area contributed by atoms with Gasteiger partial charge in [-0.1, -0.05) is 11.9 Å². The number of ether oxygens (including phenoxy) is 4. The van der Waals surface area contributed by atoms with E-state index in [9.17, 15) is 72.3 Å². The van der Waals surface area contributed by atoms with E-state index < -0.39 is 153 Å². The predicted octanol–water partition coefficient (Wildman–Crippen LogP) is -3.64. The van der Waals surface area contributed by atoms with Crippen LogP contribution in [-0.4, -0.2) is 166 Å². The fourth-order valence-electron chi connectivity index (χ4n) is 8.88. The highest BCUT2D eigenvalue weighted by molar-refractivity contribution is 7.66. The van der Waals surface area contributed by atoms with Gasteiger partial charge < -0.3 is 75.1 Å². The van der Waals surface area contributed by atoms with E-state index in [1.165, 1.54) is 27.1 Å². The number of carbonyl (C=O) groups is 1. The van der Waals surface area contributed by atoms with Crippen molar-refractivity contribution in [3.63, 3.8) is 0 Å². The fraction of sp³-hybridized carbons (Fsp3) is 0.583. The summed E-state index contributed by atoms with van der Waals surface area (Å²) in [6.07, 6.45) is -12.2. The average molecular weight is 1170 g/mol. The average Bonchev–Trinajstić information content (AvgIpc) is 4.18. The first-order valence-corrected chi connectivity index (χ1v) is 28.8. The summed E-state index contributed by atoms with van der Waals surface area (Å²) in [5, 5.41) is 35.6. The number of nitrogen functional groups attached to an aromatic ring is 2. The number of rotatable bonds is 22. The summed E-state index contributed by atoms with van der Waals surface area (Å²) in [4.78, 5) is 114. The molecule has 3 aliphatic rings. The van der Waals surface area contributed by atoms with Crippen LogP contribution in [0.3, 0.4) is 0 Å². The molecular weight excluding hydrogens is 1120 g/mol. The van der Waals surface area contributed by atoms with Crippen LogP contribution in [0.2, 0.25) is 0 Å². The summed E-state index contributed by atoms with van der Waals surface area (Å²) in [7, 11) is -20.9. The molecule has 3 aliphatic heterocycles. The highest BCUT2D eigenvalue weighted by Gasteiger charge is 2.58. The SMILES string of the molecule is CCCNC(=O)C[C@H]1[C@@H](O)[C@H]([n+]2cn(C)c3c(=O)[nH]c(N)nc32)O[C@@H]1COP(=O)(O)OP(=O)(O)OP(=O)(O)OC[C@H]1O[C@@H](n2cnc3c(N)ncnc32)[C@H](OC)[C@@H]1P(=O)(O)OC[C@H]1O[C@@H](n2ccc(=O)[nH]c2=O)[C@H](O)[C@@H]1O. The maximum absolute atomic E-state index is 14.3. The molecular formula is C36H52N13O24P4+. The minimum Gasteiger partial charge on any atom is -0.387 e. The topological polar surface area (TPSA) is 527 Å². The summed E-state index contributed by atoms with van der Waals surface area (Å²) in [6.45, 7) is -1.38. The summed E-state index contributed by atoms with van der Waals surface area (Å²) < 4.78 is 105. The van der Waals surface area contributed by atoms with E-state index in [2.05, 4.69) is 38.9 Å². The Morgan fingerprint density at radius 3 is 2.17 bits per heavy atom. The largest absolute Gasteiger partial charge is 0.490 e. The van der Waals surface area contributed by atoms with E-state index in [0.29, 0.717) is 6.42 Å². The molecule has 77 heavy (non-hydrogen) atoms. The van der Waals surface area contributed by atoms with E-state index >= 15 is 0 Å². The quantitative estimate of drug-likeness (QED) is 0.0235. The van der Waals surface area contributed by atoms with Crippen LogP contribution in [-0.2, 0) is 71.2 Å². The van der Waals surface area contributed by atoms with Gasteiger partial charge in [0.2, 0.25) is 17.7 Å². The van der Waals surface area contributed by atoms with E-state index in [1.807, 2.05) is 4.98 Å². The zero-order chi connectivity index (χ0) is 56.1. The summed E-state index contributed by atoms with van der Waals surface area (Å²) in [5.41, 5.74) is 7.14. The van der Waals surface area contributed by atoms with Crippen LogP contribution in [0, 0.1) is 5.92 Å². The minimum atomic E-state index is -6.25. The second kappa shape index (κ2) is 22.6. The van der Waals surface area contributed by atoms with Crippen LogP contribution >= 0.6 is 31.1 Å². The van der Waals surface area contributed by atoms with Crippen LogP contribution in [0.4, 0.5) is 11.8 Å². The molecule has 0 radical (unpaired) electrons. The molecule has 37 nitrogen and oxygen atoms in total. The number of nitrogens with one attached hydrogen (secondary N) is 3. The van der Waals surface area contributed by atoms with Crippen molar-refractivity contribution < 1.29 is 104 Å². The number of amides is 1. The Morgan fingerprint density at radius 1 is 0.844 bits per heavy atom. The number of methoxy groups -OCH3 is 1. The molecule has 0 aliphatic carbocycles. The highest BCUT2D eigenvalue weighted by atomic mass is 31.3. The van der Waals surface area contributed by atoms with Crippen LogP contribution < -0.4 is 38.2 Å². The number of hydrogen-bond donors (Lipinski definition) is 12. The molecule has 3 saturated heterocycles. The van der Waals surface area contributed by atoms with Gasteiger partial charge in [-0.15, -0.1) is 0 Å². The number of H-pyrrole nitrogens is 2. The number of carbonyl (C=O) groups excluding carboxylic acids is 1. The van der Waals surface area contributed by atoms with Gasteiger partial charge in [0.05, 0.1) is 39.3 Å². The second-order valence-corrected chi connectivity index (χ2v) is 24.1. The number of imidazole rings is 2. The fourth-order valence-corrected chi connectivity index (χ4v) is 14.1. The molecule has 14 N–H and O–H groups in total. The Bertz CT molecular complexity index is 3390. The lowest BCUT2D eigenvalue weighted by atomic mass is 9.94. The Morgan fingerprint density at radius 2 is 1.51 bits per heavy atom. The first kappa shape index (κ1) is 58.1. The van der Waals surface area contributed by atoms with Gasteiger partial charge >= 0.3 is 42.4 Å². The van der Waals surface area contributed by atoms with E-state index in [0.717, 1.165) is 36.6 Å². The summed E-state index contributed by atoms with van der Waals surface area (Å²) in [5.74, 6) is -2.24. The van der Waals surface area contributed by atoms with Gasteiger partial charge in [0.25, 0.3) is 17.1 Å². The van der Waals surface area contributed by atoms with E-state index in [-0.39, 0.29) is 40.6 Å². The highest BCUT2D eigenvalue weighted by Crippen LogP contribution is 2.68.